The van der Waals surface area contributed by atoms with Gasteiger partial charge in [0.25, 0.3) is 5.91 Å². The molecule has 1 aromatic heterocycles. The van der Waals surface area contributed by atoms with Gasteiger partial charge >= 0.3 is 0 Å². The predicted molar refractivity (Wildman–Crippen MR) is 118 cm³/mol. The van der Waals surface area contributed by atoms with Crippen LogP contribution in [0.5, 0.6) is 0 Å². The minimum absolute atomic E-state index is 0.0573. The lowest BCUT2D eigenvalue weighted by Crippen LogP contribution is -2.61. The minimum Gasteiger partial charge on any atom is -0.451 e. The van der Waals surface area contributed by atoms with Crippen molar-refractivity contribution in [2.75, 3.05) is 0 Å². The summed E-state index contributed by atoms with van der Waals surface area (Å²) in [7, 11) is 0. The number of hydrogen-bond donors (Lipinski definition) is 2. The lowest BCUT2D eigenvalue weighted by molar-refractivity contribution is -0.0101. The molecule has 4 bridgehead atoms. The molecule has 4 fully saturated rings. The monoisotopic (exact) mass is 448 g/mol. The van der Waals surface area contributed by atoms with E-state index in [1.807, 2.05) is 0 Å². The van der Waals surface area contributed by atoms with Gasteiger partial charge in [0.2, 0.25) is 0 Å². The van der Waals surface area contributed by atoms with Crippen LogP contribution < -0.4 is 10.6 Å². The fourth-order valence-electron chi connectivity index (χ4n) is 5.99. The second-order valence-corrected chi connectivity index (χ2v) is 10.1. The minimum atomic E-state index is -0.364. The predicted octanol–water partition coefficient (Wildman–Crippen LogP) is 5.83. The Balaban J connectivity index is 1.26. The first-order valence-electron chi connectivity index (χ1n) is 10.1. The summed E-state index contributed by atoms with van der Waals surface area (Å²) in [5.74, 6) is 2.73. The average molecular weight is 449 g/mol. The lowest BCUT2D eigenvalue weighted by atomic mass is 9.53. The van der Waals surface area contributed by atoms with Gasteiger partial charge in [-0.05, 0) is 98.8 Å². The van der Waals surface area contributed by atoms with E-state index in [9.17, 15) is 4.79 Å². The number of benzene rings is 1. The number of carbonyl (C=O) groups excluding carboxylic acids is 1. The molecule has 1 amide bonds. The van der Waals surface area contributed by atoms with Crippen molar-refractivity contribution in [1.29, 1.82) is 0 Å². The summed E-state index contributed by atoms with van der Waals surface area (Å²) in [5.41, 5.74) is 0.703. The summed E-state index contributed by atoms with van der Waals surface area (Å²) in [4.78, 5) is 12.6. The molecule has 0 unspecified atom stereocenters. The Morgan fingerprint density at radius 2 is 1.69 bits per heavy atom. The molecule has 7 heteroatoms. The first kappa shape index (κ1) is 19.4. The Hall–Kier alpha value is -1.56. The Bertz CT molecular complexity index is 952. The Labute approximate surface area is 185 Å². The van der Waals surface area contributed by atoms with Crippen molar-refractivity contribution in [3.8, 4) is 11.3 Å². The molecule has 4 aliphatic rings. The molecule has 1 aromatic carbocycles. The maximum absolute atomic E-state index is 12.6. The number of thiocarbonyl (C=S) groups is 1. The second kappa shape index (κ2) is 7.29. The van der Waals surface area contributed by atoms with E-state index >= 15 is 0 Å². The number of carbonyl (C=O) groups is 1. The van der Waals surface area contributed by atoms with Gasteiger partial charge in [0.15, 0.2) is 10.9 Å². The topological polar surface area (TPSA) is 54.3 Å². The van der Waals surface area contributed by atoms with E-state index in [2.05, 4.69) is 10.6 Å². The van der Waals surface area contributed by atoms with Gasteiger partial charge in [-0.2, -0.15) is 0 Å². The van der Waals surface area contributed by atoms with E-state index in [1.165, 1.54) is 19.3 Å². The summed E-state index contributed by atoms with van der Waals surface area (Å²) < 4.78 is 5.72. The first-order chi connectivity index (χ1) is 13.9. The number of hydrogen-bond acceptors (Lipinski definition) is 3. The van der Waals surface area contributed by atoms with Crippen LogP contribution >= 0.6 is 35.4 Å². The standard InChI is InChI=1S/C22H22Cl2N2O2S/c23-15-1-2-17(24)16(8-15)18-3-4-19(28-18)20(27)25-21(29)26-22-9-12-5-13(10-22)7-14(6-12)11-22/h1-4,8,12-14H,5-7,9-11H2,(H2,25,26,27,29). The second-order valence-electron chi connectivity index (χ2n) is 8.89. The molecule has 0 radical (unpaired) electrons. The van der Waals surface area contributed by atoms with Gasteiger partial charge in [-0.15, -0.1) is 0 Å². The van der Waals surface area contributed by atoms with Crippen LogP contribution in [0, 0.1) is 17.8 Å². The van der Waals surface area contributed by atoms with Gasteiger partial charge in [-0.25, -0.2) is 0 Å². The zero-order valence-corrected chi connectivity index (χ0v) is 18.2. The lowest BCUT2D eigenvalue weighted by Gasteiger charge is -2.57. The molecule has 0 spiro atoms. The number of nitrogens with one attached hydrogen (secondary N) is 2. The molecule has 2 N–H and O–H groups in total. The van der Waals surface area contributed by atoms with Crippen LogP contribution in [-0.2, 0) is 0 Å². The van der Waals surface area contributed by atoms with Crippen LogP contribution in [-0.4, -0.2) is 16.6 Å². The third-order valence-electron chi connectivity index (χ3n) is 6.67. The van der Waals surface area contributed by atoms with Crippen LogP contribution in [0.1, 0.15) is 49.1 Å². The molecule has 0 aliphatic heterocycles. The maximum Gasteiger partial charge on any atom is 0.293 e. The highest BCUT2D eigenvalue weighted by Gasteiger charge is 2.51. The van der Waals surface area contributed by atoms with E-state index in [0.717, 1.165) is 37.0 Å². The fourth-order valence-corrected chi connectivity index (χ4v) is 6.68. The highest BCUT2D eigenvalue weighted by molar-refractivity contribution is 7.80. The average Bonchev–Trinajstić information content (AvgIpc) is 3.12. The zero-order valence-electron chi connectivity index (χ0n) is 15.8. The van der Waals surface area contributed by atoms with Gasteiger partial charge in [0, 0.05) is 16.1 Å². The summed E-state index contributed by atoms with van der Waals surface area (Å²) in [5, 5.41) is 7.73. The zero-order chi connectivity index (χ0) is 20.2. The van der Waals surface area contributed by atoms with E-state index in [4.69, 9.17) is 39.8 Å². The summed E-state index contributed by atoms with van der Waals surface area (Å²) in [6.45, 7) is 0. The normalized spacial score (nSPS) is 29.7. The molecule has 4 nitrogen and oxygen atoms in total. The summed E-state index contributed by atoms with van der Waals surface area (Å²) in [6.07, 6.45) is 7.57. The molecule has 1 heterocycles. The number of amides is 1. The molecular formula is C22H22Cl2N2O2S. The van der Waals surface area contributed by atoms with Gasteiger partial charge in [-0.3, -0.25) is 10.1 Å². The van der Waals surface area contributed by atoms with Gasteiger partial charge in [-0.1, -0.05) is 23.2 Å². The Kier molecular flexibility index (Phi) is 4.88. The molecule has 152 valence electrons. The summed E-state index contributed by atoms with van der Waals surface area (Å²) >= 11 is 17.8. The van der Waals surface area contributed by atoms with Crippen molar-refractivity contribution in [1.82, 2.24) is 10.6 Å². The van der Waals surface area contributed by atoms with Crippen molar-refractivity contribution in [3.05, 3.63) is 46.1 Å². The van der Waals surface area contributed by atoms with Gasteiger partial charge < -0.3 is 9.73 Å². The van der Waals surface area contributed by atoms with Crippen LogP contribution in [0.25, 0.3) is 11.3 Å². The van der Waals surface area contributed by atoms with Crippen LogP contribution in [0.15, 0.2) is 34.7 Å². The number of rotatable bonds is 3. The molecule has 4 aliphatic carbocycles. The molecule has 2 aromatic rings. The smallest absolute Gasteiger partial charge is 0.293 e. The number of furan rings is 1. The Morgan fingerprint density at radius 3 is 2.34 bits per heavy atom. The molecule has 29 heavy (non-hydrogen) atoms. The van der Waals surface area contributed by atoms with E-state index in [1.54, 1.807) is 30.3 Å². The van der Waals surface area contributed by atoms with Crippen molar-refractivity contribution in [3.63, 3.8) is 0 Å². The van der Waals surface area contributed by atoms with Gasteiger partial charge in [0.1, 0.15) is 5.76 Å². The SMILES string of the molecule is O=C(NC(=S)NC12CC3CC(CC(C3)C1)C2)c1ccc(-c2cc(Cl)ccc2Cl)o1. The van der Waals surface area contributed by atoms with Crippen molar-refractivity contribution in [2.24, 2.45) is 17.8 Å². The van der Waals surface area contributed by atoms with E-state index in [0.29, 0.717) is 26.5 Å². The van der Waals surface area contributed by atoms with E-state index < -0.39 is 0 Å². The fraction of sp³-hybridized carbons (Fsp3) is 0.455. The quantitative estimate of drug-likeness (QED) is 0.580. The maximum atomic E-state index is 12.6. The molecule has 6 rings (SSSR count). The third-order valence-corrected chi connectivity index (χ3v) is 7.44. The first-order valence-corrected chi connectivity index (χ1v) is 11.2. The molecular weight excluding hydrogens is 427 g/mol. The van der Waals surface area contributed by atoms with Crippen LogP contribution in [0.3, 0.4) is 0 Å². The van der Waals surface area contributed by atoms with Crippen molar-refractivity contribution >= 4 is 46.4 Å². The van der Waals surface area contributed by atoms with Crippen LogP contribution in [0.4, 0.5) is 0 Å². The third kappa shape index (κ3) is 3.80. The molecule has 0 saturated heterocycles. The highest BCUT2D eigenvalue weighted by atomic mass is 35.5. The van der Waals surface area contributed by atoms with Crippen molar-refractivity contribution in [2.45, 2.75) is 44.1 Å². The Morgan fingerprint density at radius 1 is 1.03 bits per heavy atom. The van der Waals surface area contributed by atoms with Crippen LogP contribution in [0.2, 0.25) is 10.0 Å². The number of halogens is 2. The van der Waals surface area contributed by atoms with E-state index in [-0.39, 0.29) is 17.2 Å². The largest absolute Gasteiger partial charge is 0.451 e. The summed E-state index contributed by atoms with van der Waals surface area (Å²) in [6, 6.07) is 8.45. The molecule has 4 saturated carbocycles. The highest BCUT2D eigenvalue weighted by Crippen LogP contribution is 2.55. The van der Waals surface area contributed by atoms with Crippen molar-refractivity contribution < 1.29 is 9.21 Å². The van der Waals surface area contributed by atoms with Gasteiger partial charge in [0.05, 0.1) is 5.02 Å². The molecule has 0 atom stereocenters.